The second kappa shape index (κ2) is 10.4. The fourth-order valence-electron chi connectivity index (χ4n) is 2.75. The van der Waals surface area contributed by atoms with E-state index in [-0.39, 0.29) is 18.7 Å². The van der Waals surface area contributed by atoms with Gasteiger partial charge in [0, 0.05) is 32.7 Å². The SMILES string of the molecule is COC(Cc1ccc(C(=O)N(CCc2ccccc2)CC(=O)O)cc1)OC. The molecule has 0 atom stereocenters. The summed E-state index contributed by atoms with van der Waals surface area (Å²) in [5.74, 6) is -1.33. The third kappa shape index (κ3) is 6.51. The van der Waals surface area contributed by atoms with Crippen molar-refractivity contribution >= 4 is 11.9 Å². The summed E-state index contributed by atoms with van der Waals surface area (Å²) in [7, 11) is 3.14. The summed E-state index contributed by atoms with van der Waals surface area (Å²) in [5, 5.41) is 9.15. The number of nitrogens with zero attached hydrogens (tertiary/aromatic N) is 1. The lowest BCUT2D eigenvalue weighted by Gasteiger charge is -2.21. The summed E-state index contributed by atoms with van der Waals surface area (Å²) in [6.45, 7) is 0.00909. The Balaban J connectivity index is 2.06. The monoisotopic (exact) mass is 371 g/mol. The molecule has 0 saturated carbocycles. The molecule has 0 unspecified atom stereocenters. The fraction of sp³-hybridized carbons (Fsp3) is 0.333. The molecule has 1 amide bonds. The predicted octanol–water partition coefficient (Wildman–Crippen LogP) is 2.62. The number of carboxylic acids is 1. The summed E-state index contributed by atoms with van der Waals surface area (Å²) in [4.78, 5) is 25.3. The van der Waals surface area contributed by atoms with Gasteiger partial charge in [-0.1, -0.05) is 42.5 Å². The quantitative estimate of drug-likeness (QED) is 0.650. The molecule has 27 heavy (non-hydrogen) atoms. The second-order valence-electron chi connectivity index (χ2n) is 6.16. The zero-order valence-electron chi connectivity index (χ0n) is 15.6. The molecule has 0 aromatic heterocycles. The average Bonchev–Trinajstić information content (AvgIpc) is 2.69. The Bertz CT molecular complexity index is 726. The highest BCUT2D eigenvalue weighted by Crippen LogP contribution is 2.12. The van der Waals surface area contributed by atoms with Gasteiger partial charge in [0.1, 0.15) is 6.54 Å². The highest BCUT2D eigenvalue weighted by molar-refractivity contribution is 5.95. The number of carbonyl (C=O) groups is 2. The van der Waals surface area contributed by atoms with Crippen LogP contribution in [-0.2, 0) is 27.1 Å². The minimum atomic E-state index is -1.03. The number of aliphatic carboxylic acids is 1. The first-order valence-electron chi connectivity index (χ1n) is 8.73. The van der Waals surface area contributed by atoms with Crippen molar-refractivity contribution in [3.63, 3.8) is 0 Å². The number of amides is 1. The molecule has 144 valence electrons. The lowest BCUT2D eigenvalue weighted by molar-refractivity contribution is -0.137. The Morgan fingerprint density at radius 3 is 2.15 bits per heavy atom. The van der Waals surface area contributed by atoms with Crippen molar-refractivity contribution in [1.82, 2.24) is 4.90 Å². The van der Waals surface area contributed by atoms with Gasteiger partial charge in [-0.15, -0.1) is 0 Å². The van der Waals surface area contributed by atoms with Crippen LogP contribution in [0.5, 0.6) is 0 Å². The van der Waals surface area contributed by atoms with Crippen LogP contribution in [0.25, 0.3) is 0 Å². The summed E-state index contributed by atoms with van der Waals surface area (Å²) in [5.41, 5.74) is 2.48. The van der Waals surface area contributed by atoms with Gasteiger partial charge in [-0.2, -0.15) is 0 Å². The molecule has 0 spiro atoms. The number of benzene rings is 2. The summed E-state index contributed by atoms with van der Waals surface area (Å²) >= 11 is 0. The first kappa shape index (κ1) is 20.6. The van der Waals surface area contributed by atoms with Gasteiger partial charge in [0.15, 0.2) is 6.29 Å². The maximum absolute atomic E-state index is 12.8. The van der Waals surface area contributed by atoms with Gasteiger partial charge in [-0.05, 0) is 29.7 Å². The van der Waals surface area contributed by atoms with Gasteiger partial charge < -0.3 is 19.5 Å². The third-order valence-electron chi connectivity index (χ3n) is 4.26. The van der Waals surface area contributed by atoms with E-state index in [9.17, 15) is 9.59 Å². The van der Waals surface area contributed by atoms with Crippen LogP contribution in [0.2, 0.25) is 0 Å². The zero-order valence-corrected chi connectivity index (χ0v) is 15.6. The fourth-order valence-corrected chi connectivity index (χ4v) is 2.75. The average molecular weight is 371 g/mol. The van der Waals surface area contributed by atoms with E-state index in [1.165, 1.54) is 4.90 Å². The van der Waals surface area contributed by atoms with Crippen LogP contribution in [0.1, 0.15) is 21.5 Å². The number of hydrogen-bond donors (Lipinski definition) is 1. The van der Waals surface area contributed by atoms with E-state index in [0.29, 0.717) is 24.9 Å². The minimum Gasteiger partial charge on any atom is -0.480 e. The summed E-state index contributed by atoms with van der Waals surface area (Å²) in [6, 6.07) is 16.7. The minimum absolute atomic E-state index is 0.296. The van der Waals surface area contributed by atoms with Crippen molar-refractivity contribution < 1.29 is 24.2 Å². The first-order valence-corrected chi connectivity index (χ1v) is 8.73. The van der Waals surface area contributed by atoms with Gasteiger partial charge in [-0.25, -0.2) is 0 Å². The highest BCUT2D eigenvalue weighted by Gasteiger charge is 2.18. The number of carbonyl (C=O) groups excluding carboxylic acids is 1. The molecule has 2 aromatic carbocycles. The standard InChI is InChI=1S/C21H25NO5/c1-26-20(27-2)14-17-8-10-18(11-9-17)21(25)22(15-19(23)24)13-12-16-6-4-3-5-7-16/h3-11,20H,12-15H2,1-2H3,(H,23,24). The number of carboxylic acid groups (broad SMARTS) is 1. The van der Waals surface area contributed by atoms with Crippen molar-refractivity contribution in [2.45, 2.75) is 19.1 Å². The molecule has 0 aliphatic rings. The molecule has 0 saturated heterocycles. The Morgan fingerprint density at radius 2 is 1.59 bits per heavy atom. The molecule has 0 bridgehead atoms. The van der Waals surface area contributed by atoms with Crippen molar-refractivity contribution in [2.75, 3.05) is 27.3 Å². The summed E-state index contributed by atoms with van der Waals surface area (Å²) < 4.78 is 10.3. The molecule has 2 aromatic rings. The number of ether oxygens (including phenoxy) is 2. The van der Waals surface area contributed by atoms with Gasteiger partial charge in [0.05, 0.1) is 0 Å². The molecular weight excluding hydrogens is 346 g/mol. The summed E-state index contributed by atoms with van der Waals surface area (Å²) in [6.07, 6.45) is 0.816. The van der Waals surface area contributed by atoms with Crippen LogP contribution in [0.4, 0.5) is 0 Å². The second-order valence-corrected chi connectivity index (χ2v) is 6.16. The van der Waals surface area contributed by atoms with Gasteiger partial charge >= 0.3 is 5.97 Å². The highest BCUT2D eigenvalue weighted by atomic mass is 16.7. The normalized spacial score (nSPS) is 10.8. The van der Waals surface area contributed by atoms with Crippen LogP contribution in [0, 0.1) is 0 Å². The van der Waals surface area contributed by atoms with E-state index in [0.717, 1.165) is 11.1 Å². The smallest absolute Gasteiger partial charge is 0.323 e. The van der Waals surface area contributed by atoms with Gasteiger partial charge in [0.25, 0.3) is 5.91 Å². The van der Waals surface area contributed by atoms with Gasteiger partial charge in [-0.3, -0.25) is 9.59 Å². The Kier molecular flexibility index (Phi) is 7.98. The van der Waals surface area contributed by atoms with Crippen molar-refractivity contribution in [3.05, 3.63) is 71.3 Å². The van der Waals surface area contributed by atoms with Crippen molar-refractivity contribution in [1.29, 1.82) is 0 Å². The molecule has 6 nitrogen and oxygen atoms in total. The van der Waals surface area contributed by atoms with Crippen LogP contribution in [0.3, 0.4) is 0 Å². The largest absolute Gasteiger partial charge is 0.480 e. The van der Waals surface area contributed by atoms with Crippen LogP contribution < -0.4 is 0 Å². The maximum Gasteiger partial charge on any atom is 0.323 e. The molecular formula is C21H25NO5. The Hall–Kier alpha value is -2.70. The maximum atomic E-state index is 12.8. The van der Waals surface area contributed by atoms with E-state index in [1.54, 1.807) is 26.4 Å². The van der Waals surface area contributed by atoms with Crippen LogP contribution >= 0.6 is 0 Å². The van der Waals surface area contributed by atoms with Crippen molar-refractivity contribution in [2.24, 2.45) is 0 Å². The lowest BCUT2D eigenvalue weighted by Crippen LogP contribution is -2.37. The molecule has 0 aliphatic heterocycles. The molecule has 2 rings (SSSR count). The van der Waals surface area contributed by atoms with Gasteiger partial charge in [0.2, 0.25) is 0 Å². The molecule has 0 aliphatic carbocycles. The van der Waals surface area contributed by atoms with E-state index in [2.05, 4.69) is 0 Å². The topological polar surface area (TPSA) is 76.1 Å². The van der Waals surface area contributed by atoms with E-state index in [1.807, 2.05) is 42.5 Å². The molecule has 1 N–H and O–H groups in total. The predicted molar refractivity (Wildman–Crippen MR) is 102 cm³/mol. The zero-order chi connectivity index (χ0) is 19.6. The molecule has 0 fully saturated rings. The van der Waals surface area contributed by atoms with E-state index in [4.69, 9.17) is 14.6 Å². The lowest BCUT2D eigenvalue weighted by atomic mass is 10.1. The number of hydrogen-bond acceptors (Lipinski definition) is 4. The van der Waals surface area contributed by atoms with Crippen LogP contribution in [-0.4, -0.2) is 55.5 Å². The Labute approximate surface area is 159 Å². The number of rotatable bonds is 10. The Morgan fingerprint density at radius 1 is 0.963 bits per heavy atom. The molecule has 6 heteroatoms. The van der Waals surface area contributed by atoms with E-state index < -0.39 is 5.97 Å². The van der Waals surface area contributed by atoms with Crippen LogP contribution in [0.15, 0.2) is 54.6 Å². The molecule has 0 radical (unpaired) electrons. The van der Waals surface area contributed by atoms with E-state index >= 15 is 0 Å². The molecule has 0 heterocycles. The number of methoxy groups -OCH3 is 2. The van der Waals surface area contributed by atoms with Crippen molar-refractivity contribution in [3.8, 4) is 0 Å². The third-order valence-corrected chi connectivity index (χ3v) is 4.26. The first-order chi connectivity index (χ1) is 13.0.